The molecule has 0 radical (unpaired) electrons. The number of amides is 1. The number of hydrogen-bond donors (Lipinski definition) is 1. The summed E-state index contributed by atoms with van der Waals surface area (Å²) in [5, 5.41) is 5.44. The van der Waals surface area contributed by atoms with Crippen molar-refractivity contribution in [2.45, 2.75) is 122 Å². The number of carbonyl (C=O) groups is 1. The molecule has 3 fully saturated rings. The van der Waals surface area contributed by atoms with Crippen LogP contribution in [-0.2, 0) is 16.6 Å². The highest BCUT2D eigenvalue weighted by Gasteiger charge is 2.48. The predicted molar refractivity (Wildman–Crippen MR) is 169 cm³/mol. The smallest absolute Gasteiger partial charge is 0.378 e. The molecule has 0 bridgehead atoms. The summed E-state index contributed by atoms with van der Waals surface area (Å²) in [6, 6.07) is 6.01. The number of rotatable bonds is 7. The van der Waals surface area contributed by atoms with Gasteiger partial charge >= 0.3 is 5.51 Å². The van der Waals surface area contributed by atoms with Gasteiger partial charge in [0.25, 0.3) is 5.91 Å². The first kappa shape index (κ1) is 37.3. The lowest BCUT2D eigenvalue weighted by Crippen LogP contribution is -2.57. The number of piperidine rings is 1. The van der Waals surface area contributed by atoms with Crippen LogP contribution in [0.2, 0.25) is 0 Å². The molecule has 11 heteroatoms. The van der Waals surface area contributed by atoms with Gasteiger partial charge in [0.1, 0.15) is 0 Å². The molecule has 6 nitrogen and oxygen atoms in total. The average molecular weight is 633 g/mol. The van der Waals surface area contributed by atoms with Crippen molar-refractivity contribution in [2.24, 2.45) is 13.0 Å². The van der Waals surface area contributed by atoms with Crippen LogP contribution in [0.25, 0.3) is 10.9 Å². The zero-order chi connectivity index (χ0) is 32.2. The van der Waals surface area contributed by atoms with Gasteiger partial charge in [-0.25, -0.2) is 4.39 Å². The van der Waals surface area contributed by atoms with Crippen molar-refractivity contribution >= 4 is 28.8 Å². The summed E-state index contributed by atoms with van der Waals surface area (Å²) in [4.78, 5) is 14.2. The minimum absolute atomic E-state index is 0.0273. The van der Waals surface area contributed by atoms with Gasteiger partial charge in [-0.3, -0.25) is 14.2 Å². The number of aromatic nitrogens is 2. The molecule has 2 aromatic rings. The Morgan fingerprint density at radius 1 is 1.07 bits per heavy atom. The largest absolute Gasteiger partial charge is 0.456 e. The molecular weight excluding hydrogens is 580 g/mol. The van der Waals surface area contributed by atoms with Crippen LogP contribution in [0.5, 0.6) is 0 Å². The van der Waals surface area contributed by atoms with E-state index in [1.165, 1.54) is 10.5 Å². The van der Waals surface area contributed by atoms with E-state index in [0.29, 0.717) is 18.8 Å². The molecule has 1 aromatic carbocycles. The Labute approximate surface area is 259 Å². The van der Waals surface area contributed by atoms with Gasteiger partial charge in [0.15, 0.2) is 5.67 Å². The third kappa shape index (κ3) is 10.1. The molecule has 2 unspecified atom stereocenters. The molecule has 2 atom stereocenters. The third-order valence-corrected chi connectivity index (χ3v) is 8.99. The maximum atomic E-state index is 14.8. The molecule has 1 aliphatic heterocycles. The summed E-state index contributed by atoms with van der Waals surface area (Å²) in [6.07, 6.45) is 7.07. The van der Waals surface area contributed by atoms with Crippen LogP contribution >= 0.6 is 11.9 Å². The Hall–Kier alpha value is -1.85. The molecular formula is C32H52F4N4O2S. The lowest BCUT2D eigenvalue weighted by Gasteiger charge is -2.43. The van der Waals surface area contributed by atoms with Crippen molar-refractivity contribution in [3.63, 3.8) is 0 Å². The van der Waals surface area contributed by atoms with Crippen molar-refractivity contribution < 1.29 is 27.1 Å². The van der Waals surface area contributed by atoms with Gasteiger partial charge < -0.3 is 9.64 Å². The molecule has 1 amide bonds. The van der Waals surface area contributed by atoms with Crippen LogP contribution in [0, 0.1) is 5.92 Å². The summed E-state index contributed by atoms with van der Waals surface area (Å²) in [6.45, 7) is 12.7. The normalized spacial score (nSPS) is 24.8. The quantitative estimate of drug-likeness (QED) is 0.245. The topological polar surface area (TPSA) is 59.4 Å². The van der Waals surface area contributed by atoms with Gasteiger partial charge in [0.2, 0.25) is 0 Å². The van der Waals surface area contributed by atoms with E-state index in [1.54, 1.807) is 0 Å². The minimum atomic E-state index is -4.40. The molecule has 2 aliphatic carbocycles. The number of nitrogens with zero attached hydrogens (tertiary/aromatic N) is 3. The van der Waals surface area contributed by atoms with Crippen LogP contribution < -0.4 is 4.72 Å². The number of benzene rings is 1. The first-order chi connectivity index (χ1) is 20.6. The Kier molecular flexibility index (Phi) is 15.3. The number of alkyl halides is 4. The molecule has 2 heterocycles. The van der Waals surface area contributed by atoms with Gasteiger partial charge in [-0.2, -0.15) is 18.3 Å². The number of nitrogens with one attached hydrogen (secondary N) is 1. The maximum Gasteiger partial charge on any atom is 0.456 e. The Morgan fingerprint density at radius 3 is 2.30 bits per heavy atom. The summed E-state index contributed by atoms with van der Waals surface area (Å²) < 4.78 is 63.9. The molecule has 43 heavy (non-hydrogen) atoms. The van der Waals surface area contributed by atoms with E-state index in [2.05, 4.69) is 28.0 Å². The number of hydrogen-bond acceptors (Lipinski definition) is 5. The van der Waals surface area contributed by atoms with Crippen molar-refractivity contribution in [2.75, 3.05) is 19.7 Å². The fraction of sp³-hybridized carbons (Fsp3) is 0.750. The van der Waals surface area contributed by atoms with Crippen molar-refractivity contribution in [1.82, 2.24) is 19.4 Å². The Bertz CT molecular complexity index is 1100. The van der Waals surface area contributed by atoms with Crippen LogP contribution in [0.4, 0.5) is 17.6 Å². The van der Waals surface area contributed by atoms with Crippen molar-refractivity contribution in [3.05, 3.63) is 30.0 Å². The third-order valence-electron chi connectivity index (χ3n) is 8.34. The van der Waals surface area contributed by atoms with E-state index >= 15 is 0 Å². The number of ether oxygens (including phenoxy) is 1. The number of fused-ring (bicyclic) bond motifs is 1. The van der Waals surface area contributed by atoms with Crippen molar-refractivity contribution in [3.8, 4) is 0 Å². The monoisotopic (exact) mass is 632 g/mol. The van der Waals surface area contributed by atoms with Gasteiger partial charge in [-0.1, -0.05) is 47.6 Å². The van der Waals surface area contributed by atoms with Gasteiger partial charge in [-0.15, -0.1) is 0 Å². The standard InChI is InChI=1S/C26H34F4N4O2S.3C2H6/c1-33-23-8-5-18(13-19(23)14-31-33)17-3-6-21(7-4-17)36-16-20-15-34(24(35)25(27)10-2-11-25)12-9-22(20)32-37-26(28,29)30;3*1-2/h5,8,13-14,17,20-22,32H,2-4,6-7,9-12,15-16H2,1H3;3*1-2H3. The van der Waals surface area contributed by atoms with Gasteiger partial charge in [0, 0.05) is 49.4 Å². The number of aryl methyl sites for hydroxylation is 1. The van der Waals surface area contributed by atoms with Crippen LogP contribution in [0.1, 0.15) is 104 Å². The van der Waals surface area contributed by atoms with E-state index in [-0.39, 0.29) is 56.5 Å². The van der Waals surface area contributed by atoms with E-state index in [1.807, 2.05) is 59.5 Å². The maximum absolute atomic E-state index is 14.8. The van der Waals surface area contributed by atoms with E-state index in [0.717, 1.165) is 36.6 Å². The lowest BCUT2D eigenvalue weighted by atomic mass is 9.80. The molecule has 3 aliphatic rings. The van der Waals surface area contributed by atoms with Crippen molar-refractivity contribution in [1.29, 1.82) is 0 Å². The fourth-order valence-electron chi connectivity index (χ4n) is 5.93. The van der Waals surface area contributed by atoms with E-state index in [9.17, 15) is 22.4 Å². The highest BCUT2D eigenvalue weighted by molar-refractivity contribution is 7.98. The second-order valence-electron chi connectivity index (χ2n) is 10.8. The second kappa shape index (κ2) is 17.6. The molecule has 2 saturated carbocycles. The highest BCUT2D eigenvalue weighted by Crippen LogP contribution is 2.39. The Morgan fingerprint density at radius 2 is 1.72 bits per heavy atom. The lowest BCUT2D eigenvalue weighted by molar-refractivity contribution is -0.153. The van der Waals surface area contributed by atoms with Crippen LogP contribution in [-0.4, -0.2) is 63.6 Å². The van der Waals surface area contributed by atoms with Crippen LogP contribution in [0.3, 0.4) is 0 Å². The van der Waals surface area contributed by atoms with E-state index in [4.69, 9.17) is 4.74 Å². The fourth-order valence-corrected chi connectivity index (χ4v) is 6.52. The number of likely N-dealkylation sites (tertiary alicyclic amines) is 1. The molecule has 246 valence electrons. The number of halogens is 4. The molecule has 0 spiro atoms. The predicted octanol–water partition coefficient (Wildman–Crippen LogP) is 8.56. The zero-order valence-corrected chi connectivity index (χ0v) is 27.8. The zero-order valence-electron chi connectivity index (χ0n) is 27.0. The Balaban J connectivity index is 0.00000101. The summed E-state index contributed by atoms with van der Waals surface area (Å²) in [7, 11) is 1.93. The summed E-state index contributed by atoms with van der Waals surface area (Å²) in [5.41, 5.74) is -3.80. The molecule has 1 aromatic heterocycles. The summed E-state index contributed by atoms with van der Waals surface area (Å²) in [5.74, 6) is -0.410. The van der Waals surface area contributed by atoms with Gasteiger partial charge in [-0.05, 0) is 75.0 Å². The average Bonchev–Trinajstić information content (AvgIpc) is 3.40. The highest BCUT2D eigenvalue weighted by atomic mass is 32.2. The van der Waals surface area contributed by atoms with E-state index < -0.39 is 23.1 Å². The molecule has 1 saturated heterocycles. The first-order valence-electron chi connectivity index (χ1n) is 16.1. The number of carbonyl (C=O) groups excluding carboxylic acids is 1. The summed E-state index contributed by atoms with van der Waals surface area (Å²) >= 11 is -0.253. The SMILES string of the molecule is CC.CC.CC.Cn1ncc2cc(C3CCC(OCC4CN(C(=O)C5(F)CCC5)CCC4NSC(F)(F)F)CC3)ccc21. The van der Waals surface area contributed by atoms with Gasteiger partial charge in [0.05, 0.1) is 24.4 Å². The molecule has 1 N–H and O–H groups in total. The first-order valence-corrected chi connectivity index (χ1v) is 16.9. The van der Waals surface area contributed by atoms with Crippen LogP contribution in [0.15, 0.2) is 24.4 Å². The second-order valence-corrected chi connectivity index (χ2v) is 11.7. The molecule has 5 rings (SSSR count). The minimum Gasteiger partial charge on any atom is -0.378 e.